The summed E-state index contributed by atoms with van der Waals surface area (Å²) in [6, 6.07) is 5.13. The second-order valence-corrected chi connectivity index (χ2v) is 3.84. The molecule has 0 aliphatic heterocycles. The highest BCUT2D eigenvalue weighted by molar-refractivity contribution is 14.1. The Bertz CT molecular complexity index is 275. The van der Waals surface area contributed by atoms with Gasteiger partial charge in [0.05, 0.1) is 0 Å². The van der Waals surface area contributed by atoms with E-state index in [0.717, 1.165) is 9.13 Å². The van der Waals surface area contributed by atoms with Crippen LogP contribution < -0.4 is 5.32 Å². The van der Waals surface area contributed by atoms with Crippen LogP contribution in [0.5, 0.6) is 0 Å². The standard InChI is InChI=1S/C9H11FIN/c1-6(12-2)8-4-3-7(10)5-9(8)11/h3-6,12H,1-2H3. The molecule has 1 N–H and O–H groups in total. The monoisotopic (exact) mass is 279 g/mol. The van der Waals surface area contributed by atoms with E-state index < -0.39 is 0 Å². The molecule has 0 heterocycles. The van der Waals surface area contributed by atoms with E-state index in [4.69, 9.17) is 0 Å². The van der Waals surface area contributed by atoms with Gasteiger partial charge in [-0.3, -0.25) is 0 Å². The first-order valence-corrected chi connectivity index (χ1v) is 4.85. The molecule has 1 aromatic rings. The number of rotatable bonds is 2. The van der Waals surface area contributed by atoms with Crippen LogP contribution in [0.2, 0.25) is 0 Å². The maximum atomic E-state index is 12.7. The van der Waals surface area contributed by atoms with Gasteiger partial charge in [-0.2, -0.15) is 0 Å². The molecule has 0 saturated heterocycles. The quantitative estimate of drug-likeness (QED) is 0.821. The van der Waals surface area contributed by atoms with Gasteiger partial charge in [-0.05, 0) is 54.3 Å². The topological polar surface area (TPSA) is 12.0 Å². The van der Waals surface area contributed by atoms with E-state index >= 15 is 0 Å². The molecular weight excluding hydrogens is 268 g/mol. The minimum Gasteiger partial charge on any atom is -0.313 e. The summed E-state index contributed by atoms with van der Waals surface area (Å²) in [6.45, 7) is 2.05. The highest BCUT2D eigenvalue weighted by Crippen LogP contribution is 2.20. The largest absolute Gasteiger partial charge is 0.313 e. The molecule has 0 radical (unpaired) electrons. The van der Waals surface area contributed by atoms with Crippen molar-refractivity contribution in [3.05, 3.63) is 33.1 Å². The minimum atomic E-state index is -0.175. The Morgan fingerprint density at radius 2 is 2.17 bits per heavy atom. The van der Waals surface area contributed by atoms with Crippen molar-refractivity contribution in [2.75, 3.05) is 7.05 Å². The van der Waals surface area contributed by atoms with Crippen LogP contribution in [0, 0.1) is 9.39 Å². The number of hydrogen-bond acceptors (Lipinski definition) is 1. The molecule has 3 heteroatoms. The second kappa shape index (κ2) is 4.18. The van der Waals surface area contributed by atoms with E-state index in [9.17, 15) is 4.39 Å². The first-order chi connectivity index (χ1) is 5.65. The third-order valence-electron chi connectivity index (χ3n) is 1.86. The van der Waals surface area contributed by atoms with Crippen molar-refractivity contribution in [1.82, 2.24) is 5.32 Å². The van der Waals surface area contributed by atoms with Crippen molar-refractivity contribution in [2.24, 2.45) is 0 Å². The molecule has 1 unspecified atom stereocenters. The first-order valence-electron chi connectivity index (χ1n) is 3.77. The van der Waals surface area contributed by atoms with Gasteiger partial charge in [-0.1, -0.05) is 6.07 Å². The molecule has 0 aliphatic carbocycles. The Morgan fingerprint density at radius 1 is 1.50 bits per heavy atom. The fourth-order valence-corrected chi connectivity index (χ4v) is 1.95. The smallest absolute Gasteiger partial charge is 0.124 e. The fraction of sp³-hybridized carbons (Fsp3) is 0.333. The minimum absolute atomic E-state index is 0.175. The van der Waals surface area contributed by atoms with Gasteiger partial charge in [-0.15, -0.1) is 0 Å². The SMILES string of the molecule is CNC(C)c1ccc(F)cc1I. The normalized spacial score (nSPS) is 13.0. The molecule has 0 aromatic heterocycles. The van der Waals surface area contributed by atoms with Gasteiger partial charge < -0.3 is 5.32 Å². The summed E-state index contributed by atoms with van der Waals surface area (Å²) < 4.78 is 13.7. The molecule has 0 aliphatic rings. The van der Waals surface area contributed by atoms with Crippen LogP contribution in [-0.4, -0.2) is 7.05 Å². The summed E-state index contributed by atoms with van der Waals surface area (Å²) >= 11 is 2.14. The highest BCUT2D eigenvalue weighted by Gasteiger charge is 2.06. The molecule has 0 bridgehead atoms. The summed E-state index contributed by atoms with van der Waals surface area (Å²) in [6.07, 6.45) is 0. The predicted molar refractivity (Wildman–Crippen MR) is 56.6 cm³/mol. The average molecular weight is 279 g/mol. The van der Waals surface area contributed by atoms with E-state index in [0.29, 0.717) is 0 Å². The molecular formula is C9H11FIN. The number of benzene rings is 1. The molecule has 0 amide bonds. The molecule has 0 fully saturated rings. The lowest BCUT2D eigenvalue weighted by atomic mass is 10.1. The van der Waals surface area contributed by atoms with Crippen molar-refractivity contribution in [3.63, 3.8) is 0 Å². The molecule has 0 saturated carbocycles. The van der Waals surface area contributed by atoms with E-state index in [1.165, 1.54) is 6.07 Å². The van der Waals surface area contributed by atoms with E-state index in [1.807, 2.05) is 13.1 Å². The summed E-state index contributed by atoms with van der Waals surface area (Å²) in [4.78, 5) is 0. The molecule has 1 rings (SSSR count). The number of halogens is 2. The van der Waals surface area contributed by atoms with Gasteiger partial charge in [0.1, 0.15) is 5.82 Å². The van der Waals surface area contributed by atoms with Crippen LogP contribution in [0.25, 0.3) is 0 Å². The van der Waals surface area contributed by atoms with Crippen molar-refractivity contribution >= 4 is 22.6 Å². The van der Waals surface area contributed by atoms with E-state index in [2.05, 4.69) is 34.8 Å². The molecule has 0 spiro atoms. The van der Waals surface area contributed by atoms with Gasteiger partial charge in [0.15, 0.2) is 0 Å². The van der Waals surface area contributed by atoms with E-state index in [-0.39, 0.29) is 11.9 Å². The molecule has 1 atom stereocenters. The summed E-state index contributed by atoms with van der Waals surface area (Å²) in [5, 5.41) is 3.11. The van der Waals surface area contributed by atoms with Gasteiger partial charge in [0, 0.05) is 9.61 Å². The molecule has 12 heavy (non-hydrogen) atoms. The van der Waals surface area contributed by atoms with Gasteiger partial charge in [0.2, 0.25) is 0 Å². The Morgan fingerprint density at radius 3 is 2.67 bits per heavy atom. The Balaban J connectivity index is 3.01. The first kappa shape index (κ1) is 9.92. The maximum absolute atomic E-state index is 12.7. The van der Waals surface area contributed by atoms with Gasteiger partial charge in [0.25, 0.3) is 0 Å². The third kappa shape index (κ3) is 2.17. The maximum Gasteiger partial charge on any atom is 0.124 e. The zero-order chi connectivity index (χ0) is 9.14. The van der Waals surface area contributed by atoms with Crippen molar-refractivity contribution in [2.45, 2.75) is 13.0 Å². The van der Waals surface area contributed by atoms with Gasteiger partial charge in [-0.25, -0.2) is 4.39 Å². The lowest BCUT2D eigenvalue weighted by Crippen LogP contribution is -2.13. The third-order valence-corrected chi connectivity index (χ3v) is 2.80. The number of nitrogens with one attached hydrogen (secondary N) is 1. The molecule has 66 valence electrons. The average Bonchev–Trinajstić information content (AvgIpc) is 2.03. The van der Waals surface area contributed by atoms with Crippen molar-refractivity contribution < 1.29 is 4.39 Å². The van der Waals surface area contributed by atoms with Crippen LogP contribution in [0.4, 0.5) is 4.39 Å². The Hall–Kier alpha value is -0.160. The summed E-state index contributed by atoms with van der Waals surface area (Å²) in [7, 11) is 1.89. The van der Waals surface area contributed by atoms with E-state index in [1.54, 1.807) is 6.07 Å². The highest BCUT2D eigenvalue weighted by atomic mass is 127. The van der Waals surface area contributed by atoms with Crippen molar-refractivity contribution in [3.8, 4) is 0 Å². The van der Waals surface area contributed by atoms with Gasteiger partial charge >= 0.3 is 0 Å². The fourth-order valence-electron chi connectivity index (χ4n) is 1.01. The van der Waals surface area contributed by atoms with Crippen LogP contribution in [0.1, 0.15) is 18.5 Å². The van der Waals surface area contributed by atoms with Crippen LogP contribution in [0.15, 0.2) is 18.2 Å². The Kier molecular flexibility index (Phi) is 3.46. The summed E-state index contributed by atoms with van der Waals surface area (Å²) in [5.41, 5.74) is 1.14. The molecule has 1 aromatic carbocycles. The summed E-state index contributed by atoms with van der Waals surface area (Å²) in [5.74, 6) is -0.175. The molecule has 1 nitrogen and oxygen atoms in total. The lowest BCUT2D eigenvalue weighted by Gasteiger charge is -2.12. The Labute approximate surface area is 85.5 Å². The lowest BCUT2D eigenvalue weighted by molar-refractivity contribution is 0.616. The second-order valence-electron chi connectivity index (χ2n) is 2.68. The van der Waals surface area contributed by atoms with Crippen LogP contribution in [0.3, 0.4) is 0 Å². The zero-order valence-corrected chi connectivity index (χ0v) is 9.22. The van der Waals surface area contributed by atoms with Crippen molar-refractivity contribution in [1.29, 1.82) is 0 Å². The van der Waals surface area contributed by atoms with Crippen LogP contribution in [-0.2, 0) is 0 Å². The number of hydrogen-bond donors (Lipinski definition) is 1. The van der Waals surface area contributed by atoms with Crippen LogP contribution >= 0.6 is 22.6 Å². The predicted octanol–water partition coefficient (Wildman–Crippen LogP) is 2.71. The zero-order valence-electron chi connectivity index (χ0n) is 7.07.